The Bertz CT molecular complexity index is 367. The van der Waals surface area contributed by atoms with Gasteiger partial charge in [0.15, 0.2) is 0 Å². The lowest BCUT2D eigenvalue weighted by atomic mass is 10.2. The Hall–Kier alpha value is -1.31. The number of aliphatic hydroxyl groups excluding tert-OH is 1. The fourth-order valence-electron chi connectivity index (χ4n) is 1.27. The van der Waals surface area contributed by atoms with Crippen molar-refractivity contribution in [3.8, 4) is 5.75 Å². The minimum Gasteiger partial charge on any atom is -0.491 e. The number of nitrogens with two attached hydrogens (primary N) is 1. The van der Waals surface area contributed by atoms with Gasteiger partial charge in [0.1, 0.15) is 25.1 Å². The Balaban J connectivity index is 2.23. The van der Waals surface area contributed by atoms with E-state index in [1.165, 1.54) is 0 Å². The summed E-state index contributed by atoms with van der Waals surface area (Å²) in [6, 6.07) is 6.88. The summed E-state index contributed by atoms with van der Waals surface area (Å²) in [5, 5.41) is 9.37. The Morgan fingerprint density at radius 3 is 2.32 bits per heavy atom. The van der Waals surface area contributed by atoms with Crippen molar-refractivity contribution >= 4 is 0 Å². The van der Waals surface area contributed by atoms with Crippen molar-refractivity contribution in [2.75, 3.05) is 19.8 Å². The van der Waals surface area contributed by atoms with E-state index in [-0.39, 0.29) is 6.61 Å². The van der Waals surface area contributed by atoms with E-state index in [2.05, 4.69) is 4.74 Å². The van der Waals surface area contributed by atoms with Crippen molar-refractivity contribution in [3.05, 3.63) is 29.8 Å². The average molecular weight is 279 g/mol. The molecule has 0 aliphatic rings. The van der Waals surface area contributed by atoms with Crippen LogP contribution in [0.25, 0.3) is 0 Å². The molecule has 0 amide bonds. The Labute approximate surface area is 108 Å². The monoisotopic (exact) mass is 279 g/mol. The molecule has 1 atom stereocenters. The SMILES string of the molecule is NCc1ccc(OCC(O)COCC(F)(F)F)cc1. The highest BCUT2D eigenvalue weighted by Crippen LogP contribution is 2.15. The summed E-state index contributed by atoms with van der Waals surface area (Å²) in [4.78, 5) is 0. The van der Waals surface area contributed by atoms with Crippen molar-refractivity contribution in [1.29, 1.82) is 0 Å². The van der Waals surface area contributed by atoms with Gasteiger partial charge in [-0.2, -0.15) is 13.2 Å². The predicted octanol–water partition coefficient (Wildman–Crippen LogP) is 1.46. The van der Waals surface area contributed by atoms with Crippen molar-refractivity contribution in [2.24, 2.45) is 5.73 Å². The first-order valence-corrected chi connectivity index (χ1v) is 5.65. The maximum atomic E-state index is 11.8. The molecule has 0 saturated carbocycles. The molecule has 108 valence electrons. The van der Waals surface area contributed by atoms with Gasteiger partial charge in [-0.3, -0.25) is 0 Å². The Morgan fingerprint density at radius 2 is 1.79 bits per heavy atom. The zero-order valence-corrected chi connectivity index (χ0v) is 10.2. The third-order valence-electron chi connectivity index (χ3n) is 2.18. The smallest absolute Gasteiger partial charge is 0.411 e. The highest BCUT2D eigenvalue weighted by molar-refractivity contribution is 5.27. The molecule has 0 radical (unpaired) electrons. The summed E-state index contributed by atoms with van der Waals surface area (Å²) in [5.41, 5.74) is 6.35. The van der Waals surface area contributed by atoms with E-state index in [0.717, 1.165) is 5.56 Å². The van der Waals surface area contributed by atoms with Gasteiger partial charge in [0, 0.05) is 6.54 Å². The van der Waals surface area contributed by atoms with Crippen molar-refractivity contribution in [1.82, 2.24) is 0 Å². The van der Waals surface area contributed by atoms with E-state index in [0.29, 0.717) is 12.3 Å². The van der Waals surface area contributed by atoms with Crippen molar-refractivity contribution in [2.45, 2.75) is 18.8 Å². The van der Waals surface area contributed by atoms with Crippen molar-refractivity contribution in [3.63, 3.8) is 0 Å². The molecule has 1 rings (SSSR count). The van der Waals surface area contributed by atoms with Gasteiger partial charge < -0.3 is 20.3 Å². The van der Waals surface area contributed by atoms with Gasteiger partial charge in [0.25, 0.3) is 0 Å². The fraction of sp³-hybridized carbons (Fsp3) is 0.500. The summed E-state index contributed by atoms with van der Waals surface area (Å²) in [6.07, 6.45) is -5.50. The summed E-state index contributed by atoms with van der Waals surface area (Å²) < 4.78 is 44.9. The van der Waals surface area contributed by atoms with E-state index in [4.69, 9.17) is 10.5 Å². The molecule has 3 N–H and O–H groups in total. The highest BCUT2D eigenvalue weighted by Gasteiger charge is 2.27. The Kier molecular flexibility index (Phi) is 6.07. The molecule has 0 spiro atoms. The first-order chi connectivity index (χ1) is 8.90. The fourth-order valence-corrected chi connectivity index (χ4v) is 1.27. The lowest BCUT2D eigenvalue weighted by molar-refractivity contribution is -0.179. The third-order valence-corrected chi connectivity index (χ3v) is 2.18. The lowest BCUT2D eigenvalue weighted by Gasteiger charge is -2.14. The van der Waals surface area contributed by atoms with Gasteiger partial charge in [-0.15, -0.1) is 0 Å². The number of benzene rings is 1. The second kappa shape index (κ2) is 7.32. The second-order valence-corrected chi connectivity index (χ2v) is 3.94. The van der Waals surface area contributed by atoms with Crippen LogP contribution in [-0.2, 0) is 11.3 Å². The van der Waals surface area contributed by atoms with Gasteiger partial charge >= 0.3 is 6.18 Å². The number of hydrogen-bond acceptors (Lipinski definition) is 4. The molecule has 19 heavy (non-hydrogen) atoms. The number of halogens is 3. The molecule has 1 unspecified atom stereocenters. The lowest BCUT2D eigenvalue weighted by Crippen LogP contribution is -2.27. The number of rotatable bonds is 7. The maximum absolute atomic E-state index is 11.8. The Morgan fingerprint density at radius 1 is 1.16 bits per heavy atom. The standard InChI is InChI=1S/C12H16F3NO3/c13-12(14,15)8-18-6-10(17)7-19-11-3-1-9(5-16)2-4-11/h1-4,10,17H,5-8,16H2. The zero-order valence-electron chi connectivity index (χ0n) is 10.2. The largest absolute Gasteiger partial charge is 0.491 e. The van der Waals surface area contributed by atoms with Crippen LogP contribution in [0.4, 0.5) is 13.2 Å². The van der Waals surface area contributed by atoms with Crippen LogP contribution in [0.2, 0.25) is 0 Å². The average Bonchev–Trinajstić information content (AvgIpc) is 2.35. The molecule has 0 aliphatic carbocycles. The summed E-state index contributed by atoms with van der Waals surface area (Å²) >= 11 is 0. The molecular weight excluding hydrogens is 263 g/mol. The van der Waals surface area contributed by atoms with Crippen LogP contribution >= 0.6 is 0 Å². The topological polar surface area (TPSA) is 64.7 Å². The minimum atomic E-state index is -4.39. The van der Waals surface area contributed by atoms with Crippen LogP contribution in [0, 0.1) is 0 Å². The maximum Gasteiger partial charge on any atom is 0.411 e. The first kappa shape index (κ1) is 15.7. The number of hydrogen-bond donors (Lipinski definition) is 2. The number of alkyl halides is 3. The van der Waals surface area contributed by atoms with Gasteiger partial charge in [0.2, 0.25) is 0 Å². The molecule has 0 bridgehead atoms. The van der Waals surface area contributed by atoms with E-state index in [9.17, 15) is 18.3 Å². The molecule has 7 heteroatoms. The molecule has 0 heterocycles. The number of ether oxygens (including phenoxy) is 2. The zero-order chi connectivity index (χ0) is 14.3. The van der Waals surface area contributed by atoms with Gasteiger partial charge in [-0.25, -0.2) is 0 Å². The number of aliphatic hydroxyl groups is 1. The molecule has 0 saturated heterocycles. The van der Waals surface area contributed by atoms with Crippen molar-refractivity contribution < 1.29 is 27.8 Å². The quantitative estimate of drug-likeness (QED) is 0.793. The van der Waals surface area contributed by atoms with Crippen LogP contribution in [0.15, 0.2) is 24.3 Å². The molecule has 1 aromatic carbocycles. The molecule has 0 fully saturated rings. The van der Waals surface area contributed by atoms with Crippen LogP contribution in [0.1, 0.15) is 5.56 Å². The van der Waals surface area contributed by atoms with Gasteiger partial charge in [0.05, 0.1) is 6.61 Å². The molecule has 0 aliphatic heterocycles. The molecule has 1 aromatic rings. The second-order valence-electron chi connectivity index (χ2n) is 3.94. The van der Waals surface area contributed by atoms with E-state index < -0.39 is 25.5 Å². The molecule has 0 aromatic heterocycles. The summed E-state index contributed by atoms with van der Waals surface area (Å²) in [7, 11) is 0. The van der Waals surface area contributed by atoms with Crippen LogP contribution in [0.5, 0.6) is 5.75 Å². The van der Waals surface area contributed by atoms with Gasteiger partial charge in [-0.05, 0) is 17.7 Å². The minimum absolute atomic E-state index is 0.139. The van der Waals surface area contributed by atoms with E-state index in [1.54, 1.807) is 24.3 Å². The third kappa shape index (κ3) is 7.00. The molecular formula is C12H16F3NO3. The van der Waals surface area contributed by atoms with Gasteiger partial charge in [-0.1, -0.05) is 12.1 Å². The van der Waals surface area contributed by atoms with E-state index >= 15 is 0 Å². The van der Waals surface area contributed by atoms with Crippen LogP contribution in [0.3, 0.4) is 0 Å². The van der Waals surface area contributed by atoms with E-state index in [1.807, 2.05) is 0 Å². The predicted molar refractivity (Wildman–Crippen MR) is 62.7 cm³/mol. The highest BCUT2D eigenvalue weighted by atomic mass is 19.4. The van der Waals surface area contributed by atoms with Crippen LogP contribution in [-0.4, -0.2) is 37.2 Å². The van der Waals surface area contributed by atoms with Crippen LogP contribution < -0.4 is 10.5 Å². The first-order valence-electron chi connectivity index (χ1n) is 5.65. The normalized spacial score (nSPS) is 13.3. The summed E-state index contributed by atoms with van der Waals surface area (Å²) in [6.45, 7) is -1.54. The summed E-state index contributed by atoms with van der Waals surface area (Å²) in [5.74, 6) is 0.507. The molecule has 4 nitrogen and oxygen atoms in total.